The van der Waals surface area contributed by atoms with Crippen LogP contribution in [0.3, 0.4) is 0 Å². The molecule has 6 nitrogen and oxygen atoms in total. The minimum absolute atomic E-state index is 0.0291. The predicted octanol–water partition coefficient (Wildman–Crippen LogP) is 3.74. The summed E-state index contributed by atoms with van der Waals surface area (Å²) in [5.41, 5.74) is 2.50. The maximum atomic E-state index is 13.3. The van der Waals surface area contributed by atoms with Gasteiger partial charge in [0.05, 0.1) is 25.1 Å². The van der Waals surface area contributed by atoms with Crippen molar-refractivity contribution >= 4 is 38.1 Å². The highest BCUT2D eigenvalue weighted by Crippen LogP contribution is 2.35. The normalized spacial score (nSPS) is 14.4. The molecule has 1 aliphatic rings. The fourth-order valence-electron chi connectivity index (χ4n) is 3.97. The van der Waals surface area contributed by atoms with Crippen molar-refractivity contribution in [2.75, 3.05) is 14.2 Å². The molecule has 0 atom stereocenters. The second-order valence-corrected chi connectivity index (χ2v) is 7.91. The van der Waals surface area contributed by atoms with E-state index < -0.39 is 0 Å². The van der Waals surface area contributed by atoms with E-state index >= 15 is 0 Å². The number of aryl methyl sites for hydroxylation is 2. The molecule has 4 aromatic rings. The number of ether oxygens (including phenoxy) is 2. The lowest BCUT2D eigenvalue weighted by Crippen LogP contribution is -2.16. The SMILES string of the molecule is COc1cc2ncn3c(=O)c4c5c(sc4nc3c2cc1OC)CCCCC5. The second kappa shape index (κ2) is 6.20. The molecule has 0 unspecified atom stereocenters. The number of hydrogen-bond donors (Lipinski definition) is 0. The quantitative estimate of drug-likeness (QED) is 0.391. The molecule has 138 valence electrons. The van der Waals surface area contributed by atoms with Gasteiger partial charge in [-0.15, -0.1) is 11.3 Å². The molecular formula is C20H19N3O3S. The first-order chi connectivity index (χ1) is 13.2. The van der Waals surface area contributed by atoms with Crippen LogP contribution in [-0.4, -0.2) is 28.6 Å². The van der Waals surface area contributed by atoms with Gasteiger partial charge in [-0.05, 0) is 37.3 Å². The first-order valence-corrected chi connectivity index (χ1v) is 9.90. The van der Waals surface area contributed by atoms with Gasteiger partial charge >= 0.3 is 0 Å². The summed E-state index contributed by atoms with van der Waals surface area (Å²) in [6.45, 7) is 0. The van der Waals surface area contributed by atoms with Crippen LogP contribution in [0.1, 0.15) is 29.7 Å². The molecule has 0 saturated heterocycles. The monoisotopic (exact) mass is 381 g/mol. The number of aromatic nitrogens is 3. The molecule has 0 radical (unpaired) electrons. The Kier molecular flexibility index (Phi) is 3.79. The third-order valence-electron chi connectivity index (χ3n) is 5.33. The first-order valence-electron chi connectivity index (χ1n) is 9.08. The maximum absolute atomic E-state index is 13.3. The molecule has 0 fully saturated rings. The van der Waals surface area contributed by atoms with Crippen molar-refractivity contribution in [2.45, 2.75) is 32.1 Å². The fraction of sp³-hybridized carbons (Fsp3) is 0.350. The van der Waals surface area contributed by atoms with Crippen molar-refractivity contribution in [3.05, 3.63) is 39.3 Å². The fourth-order valence-corrected chi connectivity index (χ4v) is 5.22. The lowest BCUT2D eigenvalue weighted by molar-refractivity contribution is 0.356. The Bertz CT molecular complexity index is 1260. The van der Waals surface area contributed by atoms with Gasteiger partial charge in [-0.3, -0.25) is 4.79 Å². The van der Waals surface area contributed by atoms with Crippen LogP contribution in [-0.2, 0) is 12.8 Å². The number of rotatable bonds is 2. The average Bonchev–Trinajstić information content (AvgIpc) is 2.88. The van der Waals surface area contributed by atoms with E-state index in [1.165, 1.54) is 23.3 Å². The Labute approximate surface area is 159 Å². The van der Waals surface area contributed by atoms with E-state index in [2.05, 4.69) is 4.98 Å². The Hall–Kier alpha value is -2.67. The third kappa shape index (κ3) is 2.41. The van der Waals surface area contributed by atoms with Crippen molar-refractivity contribution < 1.29 is 9.47 Å². The van der Waals surface area contributed by atoms with Crippen molar-refractivity contribution in [3.8, 4) is 11.5 Å². The van der Waals surface area contributed by atoms with Crippen LogP contribution in [0.25, 0.3) is 26.8 Å². The predicted molar refractivity (Wildman–Crippen MR) is 107 cm³/mol. The van der Waals surface area contributed by atoms with E-state index in [1.54, 1.807) is 36.3 Å². The zero-order chi connectivity index (χ0) is 18.5. The highest BCUT2D eigenvalue weighted by molar-refractivity contribution is 7.18. The van der Waals surface area contributed by atoms with Crippen LogP contribution in [0, 0.1) is 0 Å². The molecule has 0 N–H and O–H groups in total. The van der Waals surface area contributed by atoms with Gasteiger partial charge in [-0.2, -0.15) is 0 Å². The Morgan fingerprint density at radius 3 is 2.67 bits per heavy atom. The lowest BCUT2D eigenvalue weighted by atomic mass is 10.1. The van der Waals surface area contributed by atoms with E-state index in [1.807, 2.05) is 12.1 Å². The van der Waals surface area contributed by atoms with E-state index in [0.717, 1.165) is 40.4 Å². The molecule has 0 bridgehead atoms. The van der Waals surface area contributed by atoms with Crippen molar-refractivity contribution in [1.29, 1.82) is 0 Å². The molecule has 27 heavy (non-hydrogen) atoms. The van der Waals surface area contributed by atoms with Crippen LogP contribution < -0.4 is 15.0 Å². The number of nitrogens with zero attached hydrogens (tertiary/aromatic N) is 3. The van der Waals surface area contributed by atoms with Crippen molar-refractivity contribution in [3.63, 3.8) is 0 Å². The van der Waals surface area contributed by atoms with Gasteiger partial charge in [0.15, 0.2) is 17.1 Å². The number of fused-ring (bicyclic) bond motifs is 6. The highest BCUT2D eigenvalue weighted by Gasteiger charge is 2.21. The van der Waals surface area contributed by atoms with E-state index in [4.69, 9.17) is 14.5 Å². The van der Waals surface area contributed by atoms with Gasteiger partial charge in [-0.25, -0.2) is 14.4 Å². The van der Waals surface area contributed by atoms with Gasteiger partial charge in [0, 0.05) is 16.3 Å². The molecule has 1 aliphatic carbocycles. The molecule has 0 amide bonds. The van der Waals surface area contributed by atoms with Crippen LogP contribution in [0.15, 0.2) is 23.3 Å². The van der Waals surface area contributed by atoms with E-state index in [0.29, 0.717) is 17.1 Å². The summed E-state index contributed by atoms with van der Waals surface area (Å²) in [4.78, 5) is 24.8. The van der Waals surface area contributed by atoms with Crippen LogP contribution in [0.4, 0.5) is 0 Å². The van der Waals surface area contributed by atoms with Crippen molar-refractivity contribution in [2.24, 2.45) is 0 Å². The van der Waals surface area contributed by atoms with Gasteiger partial charge in [0.2, 0.25) is 0 Å². The number of methoxy groups -OCH3 is 2. The van der Waals surface area contributed by atoms with Gasteiger partial charge in [0.25, 0.3) is 5.56 Å². The van der Waals surface area contributed by atoms with Crippen LogP contribution in [0.5, 0.6) is 11.5 Å². The smallest absolute Gasteiger partial charge is 0.268 e. The molecule has 3 heterocycles. The third-order valence-corrected chi connectivity index (χ3v) is 6.51. The summed E-state index contributed by atoms with van der Waals surface area (Å²) in [6.07, 6.45) is 7.11. The first kappa shape index (κ1) is 16.5. The Morgan fingerprint density at radius 2 is 1.85 bits per heavy atom. The molecule has 0 aliphatic heterocycles. The lowest BCUT2D eigenvalue weighted by Gasteiger charge is -2.10. The Balaban J connectivity index is 1.89. The maximum Gasteiger partial charge on any atom is 0.268 e. The van der Waals surface area contributed by atoms with Crippen LogP contribution >= 0.6 is 11.3 Å². The average molecular weight is 381 g/mol. The topological polar surface area (TPSA) is 65.7 Å². The summed E-state index contributed by atoms with van der Waals surface area (Å²) in [5, 5.41) is 1.55. The molecule has 0 saturated carbocycles. The van der Waals surface area contributed by atoms with Crippen molar-refractivity contribution in [1.82, 2.24) is 14.4 Å². The molecular weight excluding hydrogens is 362 g/mol. The Morgan fingerprint density at radius 1 is 1.07 bits per heavy atom. The molecule has 0 spiro atoms. The molecule has 1 aromatic carbocycles. The summed E-state index contributed by atoms with van der Waals surface area (Å²) < 4.78 is 12.4. The summed E-state index contributed by atoms with van der Waals surface area (Å²) in [5.74, 6) is 1.20. The second-order valence-electron chi connectivity index (χ2n) is 6.82. The van der Waals surface area contributed by atoms with E-state index in [9.17, 15) is 4.79 Å². The zero-order valence-electron chi connectivity index (χ0n) is 15.2. The zero-order valence-corrected chi connectivity index (χ0v) is 16.1. The number of hydrogen-bond acceptors (Lipinski definition) is 6. The minimum atomic E-state index is -0.0291. The number of benzene rings is 1. The standard InChI is InChI=1S/C20H19N3O3S/c1-25-14-8-12-13(9-15(14)26-2)21-10-23-18(12)22-19-17(20(23)24)11-6-4-3-5-7-16(11)27-19/h8-10H,3-7H2,1-2H3. The summed E-state index contributed by atoms with van der Waals surface area (Å²) in [7, 11) is 3.19. The minimum Gasteiger partial charge on any atom is -0.493 e. The molecule has 3 aromatic heterocycles. The van der Waals surface area contributed by atoms with Gasteiger partial charge in [-0.1, -0.05) is 6.42 Å². The van der Waals surface area contributed by atoms with Gasteiger partial charge < -0.3 is 9.47 Å². The summed E-state index contributed by atoms with van der Waals surface area (Å²) >= 11 is 1.67. The highest BCUT2D eigenvalue weighted by atomic mass is 32.1. The van der Waals surface area contributed by atoms with Gasteiger partial charge in [0.1, 0.15) is 11.2 Å². The molecule has 5 rings (SSSR count). The largest absolute Gasteiger partial charge is 0.493 e. The van der Waals surface area contributed by atoms with E-state index in [-0.39, 0.29) is 5.56 Å². The number of thiophene rings is 1. The summed E-state index contributed by atoms with van der Waals surface area (Å²) in [6, 6.07) is 3.65. The van der Waals surface area contributed by atoms with Crippen LogP contribution in [0.2, 0.25) is 0 Å². The molecule has 7 heteroatoms.